The number of rotatable bonds is 3. The van der Waals surface area contributed by atoms with Gasteiger partial charge in [0.1, 0.15) is 5.82 Å². The number of amides is 1. The van der Waals surface area contributed by atoms with E-state index in [0.717, 1.165) is 10.6 Å². The van der Waals surface area contributed by atoms with Gasteiger partial charge in [-0.2, -0.15) is 0 Å². The third-order valence-corrected chi connectivity index (χ3v) is 3.91. The molecule has 0 saturated heterocycles. The Labute approximate surface area is 125 Å². The molecule has 0 aliphatic carbocycles. The molecule has 0 unspecified atom stereocenters. The Morgan fingerprint density at radius 2 is 2.20 bits per heavy atom. The molecule has 6 heteroatoms. The summed E-state index contributed by atoms with van der Waals surface area (Å²) in [6, 6.07) is 4.26. The van der Waals surface area contributed by atoms with Crippen molar-refractivity contribution in [1.82, 2.24) is 4.98 Å². The van der Waals surface area contributed by atoms with Crippen molar-refractivity contribution in [2.24, 2.45) is 0 Å². The average Bonchev–Trinajstić information content (AvgIpc) is 2.70. The Morgan fingerprint density at radius 3 is 2.80 bits per heavy atom. The van der Waals surface area contributed by atoms with E-state index in [4.69, 9.17) is 11.6 Å². The van der Waals surface area contributed by atoms with Crippen LogP contribution >= 0.6 is 22.9 Å². The lowest BCUT2D eigenvalue weighted by Gasteiger charge is -1.97. The molecule has 0 atom stereocenters. The number of carbonyl (C=O) groups excluding carboxylic acids is 1. The van der Waals surface area contributed by atoms with Crippen molar-refractivity contribution >= 4 is 40.1 Å². The number of carbonyl (C=O) groups is 1. The van der Waals surface area contributed by atoms with Gasteiger partial charge in [-0.05, 0) is 37.6 Å². The number of hydrogen-bond donors (Lipinski definition) is 1. The molecule has 2 aromatic rings. The Kier molecular flexibility index (Phi) is 4.52. The number of thiazole rings is 1. The molecule has 0 radical (unpaired) electrons. The highest BCUT2D eigenvalue weighted by Crippen LogP contribution is 2.21. The predicted molar refractivity (Wildman–Crippen MR) is 80.7 cm³/mol. The summed E-state index contributed by atoms with van der Waals surface area (Å²) in [6.07, 6.45) is 2.92. The molecule has 0 aliphatic rings. The van der Waals surface area contributed by atoms with Gasteiger partial charge in [-0.15, -0.1) is 11.3 Å². The summed E-state index contributed by atoms with van der Waals surface area (Å²) in [5, 5.41) is 3.26. The van der Waals surface area contributed by atoms with Crippen LogP contribution < -0.4 is 5.32 Å². The maximum absolute atomic E-state index is 13.0. The zero-order valence-corrected chi connectivity index (χ0v) is 12.5. The van der Waals surface area contributed by atoms with Gasteiger partial charge in [0.25, 0.3) is 0 Å². The molecule has 1 amide bonds. The first-order valence-corrected chi connectivity index (χ1v) is 7.03. The molecule has 1 aromatic carbocycles. The van der Waals surface area contributed by atoms with Crippen LogP contribution in [-0.2, 0) is 4.79 Å². The summed E-state index contributed by atoms with van der Waals surface area (Å²) in [4.78, 5) is 17.0. The van der Waals surface area contributed by atoms with Crippen LogP contribution in [0.5, 0.6) is 0 Å². The topological polar surface area (TPSA) is 42.0 Å². The van der Waals surface area contributed by atoms with Gasteiger partial charge in [0.15, 0.2) is 5.13 Å². The minimum Gasteiger partial charge on any atom is -0.298 e. The van der Waals surface area contributed by atoms with Crippen LogP contribution in [0.2, 0.25) is 5.02 Å². The third kappa shape index (κ3) is 3.65. The van der Waals surface area contributed by atoms with E-state index in [1.807, 2.05) is 13.8 Å². The maximum atomic E-state index is 13.0. The van der Waals surface area contributed by atoms with E-state index in [-0.39, 0.29) is 10.9 Å². The summed E-state index contributed by atoms with van der Waals surface area (Å²) in [5.74, 6) is -0.777. The normalized spacial score (nSPS) is 11.0. The lowest BCUT2D eigenvalue weighted by Crippen LogP contribution is -2.07. The van der Waals surface area contributed by atoms with Crippen LogP contribution in [0.25, 0.3) is 6.08 Å². The standard InChI is InChI=1S/C14H12ClFN2OS/c1-8-9(2)20-14(17-8)18-13(19)6-4-10-3-5-12(16)11(15)7-10/h3-7H,1-2H3,(H,17,18,19)/b6-4+. The van der Waals surface area contributed by atoms with Gasteiger partial charge in [0.2, 0.25) is 5.91 Å². The highest BCUT2D eigenvalue weighted by Gasteiger charge is 2.05. The van der Waals surface area contributed by atoms with E-state index in [9.17, 15) is 9.18 Å². The monoisotopic (exact) mass is 310 g/mol. The van der Waals surface area contributed by atoms with E-state index in [2.05, 4.69) is 10.3 Å². The smallest absolute Gasteiger partial charge is 0.250 e. The third-order valence-electron chi connectivity index (χ3n) is 2.63. The number of halogens is 2. The summed E-state index contributed by atoms with van der Waals surface area (Å²) in [7, 11) is 0. The van der Waals surface area contributed by atoms with Crippen molar-refractivity contribution in [2.75, 3.05) is 5.32 Å². The number of aryl methyl sites for hydroxylation is 2. The molecule has 0 fully saturated rings. The van der Waals surface area contributed by atoms with Crippen LogP contribution in [-0.4, -0.2) is 10.9 Å². The second-order valence-corrected chi connectivity index (χ2v) is 5.77. The van der Waals surface area contributed by atoms with Crippen molar-refractivity contribution in [1.29, 1.82) is 0 Å². The predicted octanol–water partition coefficient (Wildman–Crippen LogP) is 4.20. The molecule has 20 heavy (non-hydrogen) atoms. The van der Waals surface area contributed by atoms with Crippen molar-refractivity contribution in [2.45, 2.75) is 13.8 Å². The van der Waals surface area contributed by atoms with Crippen LogP contribution in [0.1, 0.15) is 16.1 Å². The van der Waals surface area contributed by atoms with E-state index < -0.39 is 5.82 Å². The molecule has 1 N–H and O–H groups in total. The molecule has 3 nitrogen and oxygen atoms in total. The quantitative estimate of drug-likeness (QED) is 0.863. The minimum absolute atomic E-state index is 0.0266. The SMILES string of the molecule is Cc1nc(NC(=O)/C=C/c2ccc(F)c(Cl)c2)sc1C. The number of hydrogen-bond acceptors (Lipinski definition) is 3. The van der Waals surface area contributed by atoms with Gasteiger partial charge < -0.3 is 0 Å². The molecular formula is C14H12ClFN2OS. The van der Waals surface area contributed by atoms with Crippen molar-refractivity contribution in [3.63, 3.8) is 0 Å². The second kappa shape index (κ2) is 6.15. The lowest BCUT2D eigenvalue weighted by molar-refractivity contribution is -0.111. The molecule has 1 heterocycles. The number of benzene rings is 1. The van der Waals surface area contributed by atoms with Crippen LogP contribution in [0.15, 0.2) is 24.3 Å². The molecule has 0 saturated carbocycles. The summed E-state index contributed by atoms with van der Waals surface area (Å²) in [6.45, 7) is 3.83. The highest BCUT2D eigenvalue weighted by atomic mass is 35.5. The maximum Gasteiger partial charge on any atom is 0.250 e. The molecule has 2 rings (SSSR count). The first kappa shape index (κ1) is 14.7. The highest BCUT2D eigenvalue weighted by molar-refractivity contribution is 7.15. The van der Waals surface area contributed by atoms with Crippen LogP contribution in [0.4, 0.5) is 9.52 Å². The molecule has 0 aliphatic heterocycles. The number of nitrogens with one attached hydrogen (secondary N) is 1. The fraction of sp³-hybridized carbons (Fsp3) is 0.143. The average molecular weight is 311 g/mol. The van der Waals surface area contributed by atoms with Crippen molar-refractivity contribution in [3.05, 3.63) is 51.2 Å². The van der Waals surface area contributed by atoms with Crippen molar-refractivity contribution < 1.29 is 9.18 Å². The van der Waals surface area contributed by atoms with E-state index in [1.165, 1.54) is 29.5 Å². The van der Waals surface area contributed by atoms with Crippen molar-refractivity contribution in [3.8, 4) is 0 Å². The van der Waals surface area contributed by atoms with E-state index >= 15 is 0 Å². The summed E-state index contributed by atoms with van der Waals surface area (Å²) in [5.41, 5.74) is 1.55. The Bertz CT molecular complexity index is 662. The molecule has 0 bridgehead atoms. The zero-order valence-electron chi connectivity index (χ0n) is 10.9. The first-order chi connectivity index (χ1) is 9.45. The number of anilines is 1. The molecule has 0 spiro atoms. The Morgan fingerprint density at radius 1 is 1.45 bits per heavy atom. The van der Waals surface area contributed by atoms with Crippen LogP contribution in [0, 0.1) is 19.7 Å². The van der Waals surface area contributed by atoms with Crippen LogP contribution in [0.3, 0.4) is 0 Å². The molecule has 104 valence electrons. The minimum atomic E-state index is -0.484. The largest absolute Gasteiger partial charge is 0.298 e. The second-order valence-electron chi connectivity index (χ2n) is 4.16. The Hall–Kier alpha value is -1.72. The van der Waals surface area contributed by atoms with Gasteiger partial charge in [-0.1, -0.05) is 17.7 Å². The fourth-order valence-electron chi connectivity index (χ4n) is 1.46. The lowest BCUT2D eigenvalue weighted by atomic mass is 10.2. The van der Waals surface area contributed by atoms with Gasteiger partial charge in [-0.3, -0.25) is 10.1 Å². The molecular weight excluding hydrogens is 299 g/mol. The fourth-order valence-corrected chi connectivity index (χ4v) is 2.47. The first-order valence-electron chi connectivity index (χ1n) is 5.84. The number of nitrogens with zero attached hydrogens (tertiary/aromatic N) is 1. The van der Waals surface area contributed by atoms with E-state index in [1.54, 1.807) is 12.1 Å². The zero-order chi connectivity index (χ0) is 14.7. The van der Waals surface area contributed by atoms with Gasteiger partial charge in [-0.25, -0.2) is 9.37 Å². The Balaban J connectivity index is 2.03. The molecule has 1 aromatic heterocycles. The van der Waals surface area contributed by atoms with E-state index in [0.29, 0.717) is 10.7 Å². The van der Waals surface area contributed by atoms with Gasteiger partial charge in [0.05, 0.1) is 10.7 Å². The van der Waals surface area contributed by atoms with Gasteiger partial charge >= 0.3 is 0 Å². The summed E-state index contributed by atoms with van der Waals surface area (Å²) < 4.78 is 13.0. The number of aromatic nitrogens is 1. The summed E-state index contributed by atoms with van der Waals surface area (Å²) >= 11 is 7.08. The van der Waals surface area contributed by atoms with Gasteiger partial charge in [0, 0.05) is 11.0 Å².